The molecule has 156 valence electrons. The monoisotopic (exact) mass is 460 g/mol. The van der Waals surface area contributed by atoms with Crippen LogP contribution in [0.1, 0.15) is 40.1 Å². The Bertz CT molecular complexity index is 737. The molecule has 0 bridgehead atoms. The second-order valence-electron chi connectivity index (χ2n) is 7.65. The molecule has 0 amide bonds. The fourth-order valence-electron chi connectivity index (χ4n) is 4.46. The van der Waals surface area contributed by atoms with E-state index in [1.165, 1.54) is 63.8 Å². The highest BCUT2D eigenvalue weighted by molar-refractivity contribution is 7.12. The van der Waals surface area contributed by atoms with Crippen molar-refractivity contribution in [1.82, 2.24) is 4.90 Å². The number of aryl methyl sites for hydroxylation is 2. The van der Waals surface area contributed by atoms with Crippen LogP contribution in [0.25, 0.3) is 0 Å². The van der Waals surface area contributed by atoms with Crippen molar-refractivity contribution < 1.29 is 0 Å². The van der Waals surface area contributed by atoms with E-state index in [0.717, 1.165) is 18.1 Å². The molecule has 0 saturated carbocycles. The van der Waals surface area contributed by atoms with Crippen molar-refractivity contribution in [3.63, 3.8) is 0 Å². The molecule has 2 aliphatic rings. The predicted molar refractivity (Wildman–Crippen MR) is 129 cm³/mol. The Hall–Kier alpha value is -0.450. The van der Waals surface area contributed by atoms with Crippen molar-refractivity contribution in [2.45, 2.75) is 45.4 Å². The first kappa shape index (κ1) is 23.8. The zero-order chi connectivity index (χ0) is 17.9. The van der Waals surface area contributed by atoms with Gasteiger partial charge in [-0.15, -0.1) is 36.2 Å². The highest BCUT2D eigenvalue weighted by Crippen LogP contribution is 2.34. The maximum atomic E-state index is 6.00. The maximum Gasteiger partial charge on any atom is 0.0407 e. The molecule has 0 unspecified atom stereocenters. The van der Waals surface area contributed by atoms with Gasteiger partial charge in [0.1, 0.15) is 0 Å². The number of halogens is 3. The first-order valence-electron chi connectivity index (χ1n) is 10.0. The van der Waals surface area contributed by atoms with Gasteiger partial charge >= 0.3 is 0 Å². The Morgan fingerprint density at radius 1 is 0.964 bits per heavy atom. The minimum absolute atomic E-state index is 0. The lowest BCUT2D eigenvalue weighted by Gasteiger charge is -2.36. The highest BCUT2D eigenvalue weighted by atomic mass is 35.5. The first-order valence-corrected chi connectivity index (χ1v) is 11.2. The molecule has 1 aliphatic carbocycles. The van der Waals surface area contributed by atoms with Crippen molar-refractivity contribution in [2.24, 2.45) is 0 Å². The minimum Gasteiger partial charge on any atom is -0.369 e. The molecule has 2 nitrogen and oxygen atoms in total. The molecule has 1 aromatic carbocycles. The van der Waals surface area contributed by atoms with Crippen LogP contribution in [0.2, 0.25) is 5.02 Å². The molecule has 2 heterocycles. The molecule has 2 aromatic rings. The van der Waals surface area contributed by atoms with Crippen LogP contribution in [0.15, 0.2) is 24.3 Å². The van der Waals surface area contributed by atoms with Gasteiger partial charge in [-0.25, -0.2) is 0 Å². The lowest BCUT2D eigenvalue weighted by Crippen LogP contribution is -2.46. The number of piperazine rings is 1. The van der Waals surface area contributed by atoms with Gasteiger partial charge in [0.2, 0.25) is 0 Å². The SMILES string of the molecule is Cc1sc2c(c1CCCN1CCN(c3ccc(Cl)cc3)CC1)CCCC2.Cl.Cl. The average molecular weight is 462 g/mol. The Labute approximate surface area is 191 Å². The summed E-state index contributed by atoms with van der Waals surface area (Å²) < 4.78 is 0. The smallest absolute Gasteiger partial charge is 0.0407 e. The summed E-state index contributed by atoms with van der Waals surface area (Å²) in [5.74, 6) is 0. The van der Waals surface area contributed by atoms with Crippen LogP contribution in [-0.4, -0.2) is 37.6 Å². The van der Waals surface area contributed by atoms with E-state index in [2.05, 4.69) is 40.2 Å². The maximum absolute atomic E-state index is 6.00. The average Bonchev–Trinajstić information content (AvgIpc) is 2.99. The molecule has 1 fully saturated rings. The number of fused-ring (bicyclic) bond motifs is 1. The van der Waals surface area contributed by atoms with Gasteiger partial charge in [0.05, 0.1) is 0 Å². The van der Waals surface area contributed by atoms with Gasteiger partial charge in [0, 0.05) is 46.6 Å². The molecular formula is C22H31Cl3N2S. The molecule has 0 N–H and O–H groups in total. The van der Waals surface area contributed by atoms with Gasteiger partial charge in [0.25, 0.3) is 0 Å². The van der Waals surface area contributed by atoms with Crippen LogP contribution in [0.3, 0.4) is 0 Å². The van der Waals surface area contributed by atoms with Crippen molar-refractivity contribution in [2.75, 3.05) is 37.6 Å². The number of rotatable bonds is 5. The third kappa shape index (κ3) is 5.58. The number of benzene rings is 1. The lowest BCUT2D eigenvalue weighted by atomic mass is 9.93. The summed E-state index contributed by atoms with van der Waals surface area (Å²) >= 11 is 8.07. The van der Waals surface area contributed by atoms with Gasteiger partial charge in [-0.05, 0) is 87.4 Å². The summed E-state index contributed by atoms with van der Waals surface area (Å²) in [5.41, 5.74) is 4.73. The number of hydrogen-bond acceptors (Lipinski definition) is 3. The van der Waals surface area contributed by atoms with Crippen LogP contribution >= 0.6 is 47.8 Å². The number of thiophene rings is 1. The molecule has 6 heteroatoms. The fraction of sp³-hybridized carbons (Fsp3) is 0.545. The normalized spacial score (nSPS) is 16.9. The third-order valence-corrected chi connectivity index (χ3v) is 7.45. The van der Waals surface area contributed by atoms with E-state index < -0.39 is 0 Å². The molecule has 0 radical (unpaired) electrons. The Morgan fingerprint density at radius 2 is 1.64 bits per heavy atom. The van der Waals surface area contributed by atoms with Gasteiger partial charge in [-0.3, -0.25) is 4.90 Å². The van der Waals surface area contributed by atoms with Crippen molar-refractivity contribution in [3.05, 3.63) is 50.2 Å². The van der Waals surface area contributed by atoms with Crippen molar-refractivity contribution >= 4 is 53.4 Å². The van der Waals surface area contributed by atoms with Gasteiger partial charge in [-0.2, -0.15) is 0 Å². The van der Waals surface area contributed by atoms with Crippen LogP contribution in [-0.2, 0) is 19.3 Å². The summed E-state index contributed by atoms with van der Waals surface area (Å²) in [6.45, 7) is 8.15. The standard InChI is InChI=1S/C22H29ClN2S.2ClH/c1-17-20(21-5-2-3-7-22(21)26-17)6-4-12-24-13-15-25(16-14-24)19-10-8-18(23)9-11-19;;/h8-11H,2-7,12-16H2,1H3;2*1H. The molecule has 0 atom stereocenters. The van der Waals surface area contributed by atoms with Gasteiger partial charge in [0.15, 0.2) is 0 Å². The largest absolute Gasteiger partial charge is 0.369 e. The van der Waals surface area contributed by atoms with Crippen LogP contribution < -0.4 is 4.90 Å². The van der Waals surface area contributed by atoms with Gasteiger partial charge in [-0.1, -0.05) is 11.6 Å². The first-order chi connectivity index (χ1) is 12.7. The van der Waals surface area contributed by atoms with Gasteiger partial charge < -0.3 is 4.90 Å². The zero-order valence-corrected chi connectivity index (χ0v) is 19.8. The van der Waals surface area contributed by atoms with E-state index in [1.54, 1.807) is 20.9 Å². The van der Waals surface area contributed by atoms with Crippen molar-refractivity contribution in [1.29, 1.82) is 0 Å². The fourth-order valence-corrected chi connectivity index (χ4v) is 5.90. The second kappa shape index (κ2) is 11.1. The van der Waals surface area contributed by atoms with Crippen molar-refractivity contribution in [3.8, 4) is 0 Å². The molecule has 1 aromatic heterocycles. The van der Waals surface area contributed by atoms with E-state index >= 15 is 0 Å². The topological polar surface area (TPSA) is 6.48 Å². The third-order valence-electron chi connectivity index (χ3n) is 5.95. The second-order valence-corrected chi connectivity index (χ2v) is 9.40. The van der Waals surface area contributed by atoms with E-state index in [-0.39, 0.29) is 24.8 Å². The molecule has 1 aliphatic heterocycles. The predicted octanol–water partition coefficient (Wildman–Crippen LogP) is 6.19. The molecular weight excluding hydrogens is 431 g/mol. The lowest BCUT2D eigenvalue weighted by molar-refractivity contribution is 0.255. The minimum atomic E-state index is 0. The quantitative estimate of drug-likeness (QED) is 0.524. The zero-order valence-electron chi connectivity index (χ0n) is 16.6. The van der Waals surface area contributed by atoms with E-state index in [9.17, 15) is 0 Å². The summed E-state index contributed by atoms with van der Waals surface area (Å²) in [6.07, 6.45) is 8.01. The summed E-state index contributed by atoms with van der Waals surface area (Å²) in [7, 11) is 0. The molecule has 28 heavy (non-hydrogen) atoms. The van der Waals surface area contributed by atoms with E-state index in [4.69, 9.17) is 11.6 Å². The molecule has 4 rings (SSSR count). The van der Waals surface area contributed by atoms with Crippen LogP contribution in [0, 0.1) is 6.92 Å². The Balaban J connectivity index is 0.00000140. The van der Waals surface area contributed by atoms with Crippen LogP contribution in [0.5, 0.6) is 0 Å². The Morgan fingerprint density at radius 3 is 2.36 bits per heavy atom. The molecule has 1 saturated heterocycles. The number of anilines is 1. The Kier molecular flexibility index (Phi) is 9.43. The van der Waals surface area contributed by atoms with Crippen LogP contribution in [0.4, 0.5) is 5.69 Å². The van der Waals surface area contributed by atoms with E-state index in [1.807, 2.05) is 12.1 Å². The number of hydrogen-bond donors (Lipinski definition) is 0. The summed E-state index contributed by atoms with van der Waals surface area (Å²) in [6, 6.07) is 8.27. The summed E-state index contributed by atoms with van der Waals surface area (Å²) in [4.78, 5) is 8.40. The highest BCUT2D eigenvalue weighted by Gasteiger charge is 2.20. The summed E-state index contributed by atoms with van der Waals surface area (Å²) in [5, 5.41) is 0.818. The number of nitrogens with zero attached hydrogens (tertiary/aromatic N) is 2. The van der Waals surface area contributed by atoms with E-state index in [0.29, 0.717) is 0 Å². The molecule has 0 spiro atoms.